The largest absolute Gasteiger partial charge is 0.394 e. The van der Waals surface area contributed by atoms with Gasteiger partial charge in [-0.05, 0) is 23.3 Å². The summed E-state index contributed by atoms with van der Waals surface area (Å²) >= 11 is 0. The maximum absolute atomic E-state index is 14.1. The highest BCUT2D eigenvalue weighted by atomic mass is 19.2. The lowest BCUT2D eigenvalue weighted by Gasteiger charge is -2.38. The van der Waals surface area contributed by atoms with Gasteiger partial charge in [0.2, 0.25) is 0 Å². The van der Waals surface area contributed by atoms with E-state index in [1.54, 1.807) is 0 Å². The van der Waals surface area contributed by atoms with Crippen molar-refractivity contribution in [2.24, 2.45) is 0 Å². The van der Waals surface area contributed by atoms with Crippen LogP contribution in [0.5, 0.6) is 0 Å². The van der Waals surface area contributed by atoms with Crippen molar-refractivity contribution < 1.29 is 57.0 Å². The van der Waals surface area contributed by atoms with E-state index >= 15 is 0 Å². The van der Waals surface area contributed by atoms with E-state index in [1.807, 2.05) is 0 Å². The average molecular weight is 470 g/mol. The molecule has 2 rings (SSSR count). The number of aliphatic hydroxyl groups excluding tert-OH is 5. The Balaban J connectivity index is 2.53. The topological polar surface area (TPSA) is 121 Å². The van der Waals surface area contributed by atoms with Crippen LogP contribution >= 0.6 is 0 Å². The second-order valence-corrected chi connectivity index (χ2v) is 7.35. The number of hydrogen-bond acceptors (Lipinski definition) is 6. The summed E-state index contributed by atoms with van der Waals surface area (Å²) in [5.74, 6) is -9.05. The van der Waals surface area contributed by atoms with Crippen LogP contribution < -0.4 is 0 Å². The first-order chi connectivity index (χ1) is 14.8. The second-order valence-electron chi connectivity index (χ2n) is 7.35. The molecule has 0 aliphatic heterocycles. The molecule has 0 fully saturated rings. The van der Waals surface area contributed by atoms with E-state index < -0.39 is 95.5 Å². The molecule has 0 aliphatic carbocycles. The molecule has 4 atom stereocenters. The molecule has 2 aromatic rings. The zero-order valence-electron chi connectivity index (χ0n) is 16.2. The van der Waals surface area contributed by atoms with Crippen molar-refractivity contribution in [1.82, 2.24) is 0 Å². The molecular formula is C20H20F6O6. The normalized spacial score (nSPS) is 16.0. The molecule has 0 aromatic heterocycles. The van der Waals surface area contributed by atoms with Gasteiger partial charge in [-0.25, -0.2) is 26.3 Å². The highest BCUT2D eigenvalue weighted by Gasteiger charge is 2.45. The SMILES string of the molecule is OC[C@@H](O)[C@@H](O)[C@H](O)[C@@H](O)C(O)(Cc1cc(F)c(F)cc1F)Cc1cc(F)c(F)cc1F. The van der Waals surface area contributed by atoms with Crippen LogP contribution in [-0.2, 0) is 12.8 Å². The summed E-state index contributed by atoms with van der Waals surface area (Å²) in [5.41, 5.74) is -4.40. The van der Waals surface area contributed by atoms with Gasteiger partial charge >= 0.3 is 0 Å². The first-order valence-electron chi connectivity index (χ1n) is 9.13. The molecule has 6 N–H and O–H groups in total. The van der Waals surface area contributed by atoms with Gasteiger partial charge in [0.05, 0.1) is 6.61 Å². The molecule has 0 bridgehead atoms. The van der Waals surface area contributed by atoms with E-state index in [4.69, 9.17) is 5.11 Å². The van der Waals surface area contributed by atoms with Crippen LogP contribution in [0.25, 0.3) is 0 Å². The highest BCUT2D eigenvalue weighted by Crippen LogP contribution is 2.30. The van der Waals surface area contributed by atoms with E-state index in [-0.39, 0.29) is 12.1 Å². The number of benzene rings is 2. The fourth-order valence-electron chi connectivity index (χ4n) is 3.17. The number of halogens is 6. The van der Waals surface area contributed by atoms with E-state index in [1.165, 1.54) is 0 Å². The molecule has 0 amide bonds. The second kappa shape index (κ2) is 10.1. The first-order valence-corrected chi connectivity index (χ1v) is 9.13. The van der Waals surface area contributed by atoms with Gasteiger partial charge in [0.15, 0.2) is 23.3 Å². The molecule has 0 unspecified atom stereocenters. The van der Waals surface area contributed by atoms with Gasteiger partial charge in [0.1, 0.15) is 41.7 Å². The molecule has 0 heterocycles. The zero-order valence-corrected chi connectivity index (χ0v) is 16.2. The lowest BCUT2D eigenvalue weighted by atomic mass is 9.79. The van der Waals surface area contributed by atoms with Crippen molar-refractivity contribution in [3.05, 3.63) is 70.3 Å². The Morgan fingerprint density at radius 1 is 0.625 bits per heavy atom. The maximum Gasteiger partial charge on any atom is 0.161 e. The van der Waals surface area contributed by atoms with Crippen LogP contribution in [0.1, 0.15) is 11.1 Å². The first kappa shape index (κ1) is 26.0. The third-order valence-electron chi connectivity index (χ3n) is 4.98. The fraction of sp³-hybridized carbons (Fsp3) is 0.400. The van der Waals surface area contributed by atoms with Gasteiger partial charge in [-0.15, -0.1) is 0 Å². The van der Waals surface area contributed by atoms with E-state index in [0.29, 0.717) is 12.1 Å². The summed E-state index contributed by atoms with van der Waals surface area (Å²) in [6.45, 7) is -1.08. The molecule has 0 radical (unpaired) electrons. The average Bonchev–Trinajstić information content (AvgIpc) is 2.73. The van der Waals surface area contributed by atoms with Crippen LogP contribution in [0.2, 0.25) is 0 Å². The Bertz CT molecular complexity index is 899. The molecular weight excluding hydrogens is 450 g/mol. The maximum atomic E-state index is 14.1. The lowest BCUT2D eigenvalue weighted by Crippen LogP contribution is -2.58. The smallest absolute Gasteiger partial charge is 0.161 e. The predicted octanol–water partition coefficient (Wildman–Crippen LogP) is 0.473. The zero-order chi connectivity index (χ0) is 24.4. The summed E-state index contributed by atoms with van der Waals surface area (Å²) in [6, 6.07) is 0.873. The van der Waals surface area contributed by atoms with Crippen molar-refractivity contribution >= 4 is 0 Å². The molecule has 32 heavy (non-hydrogen) atoms. The monoisotopic (exact) mass is 470 g/mol. The summed E-state index contributed by atoms with van der Waals surface area (Å²) in [7, 11) is 0. The summed E-state index contributed by atoms with van der Waals surface area (Å²) < 4.78 is 81.9. The quantitative estimate of drug-likeness (QED) is 0.234. The lowest BCUT2D eigenvalue weighted by molar-refractivity contribution is -0.172. The van der Waals surface area contributed by atoms with Crippen molar-refractivity contribution in [1.29, 1.82) is 0 Å². The molecule has 178 valence electrons. The van der Waals surface area contributed by atoms with Gasteiger partial charge < -0.3 is 30.6 Å². The minimum absolute atomic E-state index is 0.121. The van der Waals surface area contributed by atoms with Crippen molar-refractivity contribution in [3.8, 4) is 0 Å². The number of hydrogen-bond donors (Lipinski definition) is 6. The van der Waals surface area contributed by atoms with Crippen LogP contribution in [-0.4, -0.2) is 67.3 Å². The summed E-state index contributed by atoms with van der Waals surface area (Å²) in [6.07, 6.45) is -11.5. The van der Waals surface area contributed by atoms with Crippen LogP contribution in [0.3, 0.4) is 0 Å². The Hall–Kier alpha value is -2.22. The van der Waals surface area contributed by atoms with E-state index in [9.17, 15) is 51.9 Å². The Kier molecular flexibility index (Phi) is 8.26. The van der Waals surface area contributed by atoms with Gasteiger partial charge in [-0.2, -0.15) is 0 Å². The van der Waals surface area contributed by atoms with Gasteiger partial charge in [0.25, 0.3) is 0 Å². The molecule has 2 aromatic carbocycles. The third kappa shape index (κ3) is 5.57. The van der Waals surface area contributed by atoms with Crippen molar-refractivity contribution in [2.75, 3.05) is 6.61 Å². The summed E-state index contributed by atoms with van der Waals surface area (Å²) in [5, 5.41) is 59.8. The minimum atomic E-state index is -2.90. The van der Waals surface area contributed by atoms with Crippen LogP contribution in [0, 0.1) is 34.9 Å². The van der Waals surface area contributed by atoms with Gasteiger partial charge in [0, 0.05) is 25.0 Å². The molecule has 0 spiro atoms. The number of aliphatic hydroxyl groups is 6. The van der Waals surface area contributed by atoms with Crippen molar-refractivity contribution in [3.63, 3.8) is 0 Å². The highest BCUT2D eigenvalue weighted by molar-refractivity contribution is 5.27. The minimum Gasteiger partial charge on any atom is -0.394 e. The Morgan fingerprint density at radius 3 is 1.38 bits per heavy atom. The standard InChI is InChI=1S/C20H20F6O6/c21-10-3-14(25)12(23)1-8(10)5-20(32,19(31)18(30)17(29)16(28)7-27)6-9-2-13(24)15(26)4-11(9)22/h1-4,16-19,27-32H,5-7H2/t16-,17-,18+,19-/m1/s1. The van der Waals surface area contributed by atoms with Crippen LogP contribution in [0.4, 0.5) is 26.3 Å². The van der Waals surface area contributed by atoms with Crippen LogP contribution in [0.15, 0.2) is 24.3 Å². The van der Waals surface area contributed by atoms with Crippen molar-refractivity contribution in [2.45, 2.75) is 42.9 Å². The number of rotatable bonds is 9. The predicted molar refractivity (Wildman–Crippen MR) is 96.1 cm³/mol. The molecule has 6 nitrogen and oxygen atoms in total. The Labute approximate surface area is 177 Å². The molecule has 12 heteroatoms. The Morgan fingerprint density at radius 2 is 1.00 bits per heavy atom. The van der Waals surface area contributed by atoms with Gasteiger partial charge in [-0.1, -0.05) is 0 Å². The molecule has 0 saturated heterocycles. The summed E-state index contributed by atoms with van der Waals surface area (Å²) in [4.78, 5) is 0. The van der Waals surface area contributed by atoms with E-state index in [2.05, 4.69) is 0 Å². The molecule has 0 saturated carbocycles. The van der Waals surface area contributed by atoms with Gasteiger partial charge in [-0.3, -0.25) is 0 Å². The molecule has 0 aliphatic rings. The third-order valence-corrected chi connectivity index (χ3v) is 4.98. The van der Waals surface area contributed by atoms with E-state index in [0.717, 1.165) is 0 Å². The fourth-order valence-corrected chi connectivity index (χ4v) is 3.17.